The molecule has 1 unspecified atom stereocenters. The summed E-state index contributed by atoms with van der Waals surface area (Å²) in [6, 6.07) is 0. The highest BCUT2D eigenvalue weighted by Crippen LogP contribution is 2.50. The number of hydrogen-bond donors (Lipinski definition) is 2. The number of nitrogens with zero attached hydrogens (tertiary/aromatic N) is 2. The molecule has 1 heterocycles. The minimum atomic E-state index is -0.994. The fourth-order valence-electron chi connectivity index (χ4n) is 2.48. The molecule has 1 aliphatic carbocycles. The van der Waals surface area contributed by atoms with Crippen LogP contribution in [0.4, 0.5) is 0 Å². The highest BCUT2D eigenvalue weighted by atomic mass is 16.4. The zero-order valence-electron chi connectivity index (χ0n) is 10.8. The Kier molecular flexibility index (Phi) is 3.43. The third-order valence-electron chi connectivity index (χ3n) is 3.72. The second-order valence-electron chi connectivity index (χ2n) is 5.61. The maximum Gasteiger partial charge on any atom is 0.312 e. The van der Waals surface area contributed by atoms with Gasteiger partial charge in [0.25, 0.3) is 0 Å². The van der Waals surface area contributed by atoms with E-state index in [-0.39, 0.29) is 0 Å². The highest BCUT2D eigenvalue weighted by Gasteiger charge is 2.51. The molecule has 0 spiro atoms. The molecule has 0 amide bonds. The van der Waals surface area contributed by atoms with Crippen LogP contribution in [0.15, 0.2) is 12.4 Å². The number of hydrogen-bond acceptors (Lipinski definition) is 3. The first kappa shape index (κ1) is 13.1. The second kappa shape index (κ2) is 4.72. The maximum absolute atomic E-state index is 11.3. The zero-order valence-corrected chi connectivity index (χ0v) is 10.8. The van der Waals surface area contributed by atoms with Crippen molar-refractivity contribution in [3.8, 4) is 0 Å². The van der Waals surface area contributed by atoms with Crippen molar-refractivity contribution in [1.29, 1.82) is 0 Å². The number of rotatable bonds is 5. The zero-order chi connectivity index (χ0) is 13.3. The van der Waals surface area contributed by atoms with E-state index in [1.807, 2.05) is 0 Å². The van der Waals surface area contributed by atoms with Gasteiger partial charge in [0.05, 0.1) is 17.7 Å². The quantitative estimate of drug-likeness (QED) is 0.838. The first-order chi connectivity index (χ1) is 8.45. The molecule has 5 nitrogen and oxygen atoms in total. The fraction of sp³-hybridized carbons (Fsp3) is 0.692. The predicted octanol–water partition coefficient (Wildman–Crippen LogP) is 1.83. The molecule has 0 aliphatic heterocycles. The van der Waals surface area contributed by atoms with Crippen molar-refractivity contribution in [2.24, 2.45) is 11.3 Å². The SMILES string of the molecule is CC(C)Cn1cc(C(O)C2(C(=O)O)CCC2)cn1. The van der Waals surface area contributed by atoms with E-state index >= 15 is 0 Å². The Morgan fingerprint density at radius 2 is 2.22 bits per heavy atom. The van der Waals surface area contributed by atoms with E-state index in [1.54, 1.807) is 17.1 Å². The molecule has 1 aromatic heterocycles. The number of carboxylic acid groups (broad SMARTS) is 1. The Hall–Kier alpha value is -1.36. The molecule has 2 rings (SSSR count). The van der Waals surface area contributed by atoms with E-state index in [9.17, 15) is 15.0 Å². The molecule has 0 saturated heterocycles. The van der Waals surface area contributed by atoms with E-state index < -0.39 is 17.5 Å². The molecule has 0 radical (unpaired) electrons. The fourth-order valence-corrected chi connectivity index (χ4v) is 2.48. The van der Waals surface area contributed by atoms with Crippen LogP contribution in [-0.2, 0) is 11.3 Å². The number of aromatic nitrogens is 2. The number of carbonyl (C=O) groups is 1. The summed E-state index contributed by atoms with van der Waals surface area (Å²) in [5, 5.41) is 23.7. The first-order valence-electron chi connectivity index (χ1n) is 6.39. The van der Waals surface area contributed by atoms with Crippen molar-refractivity contribution in [3.05, 3.63) is 18.0 Å². The molecule has 5 heteroatoms. The minimum Gasteiger partial charge on any atom is -0.481 e. The van der Waals surface area contributed by atoms with Gasteiger partial charge >= 0.3 is 5.97 Å². The summed E-state index contributed by atoms with van der Waals surface area (Å²) in [5.74, 6) is -0.440. The van der Waals surface area contributed by atoms with Crippen LogP contribution in [0.2, 0.25) is 0 Å². The summed E-state index contributed by atoms with van der Waals surface area (Å²) in [4.78, 5) is 11.3. The van der Waals surface area contributed by atoms with Crippen LogP contribution in [0.1, 0.15) is 44.8 Å². The van der Waals surface area contributed by atoms with E-state index in [0.29, 0.717) is 24.3 Å². The molecule has 2 N–H and O–H groups in total. The van der Waals surface area contributed by atoms with Gasteiger partial charge in [-0.2, -0.15) is 5.10 Å². The van der Waals surface area contributed by atoms with E-state index in [2.05, 4.69) is 18.9 Å². The first-order valence-corrected chi connectivity index (χ1v) is 6.39. The summed E-state index contributed by atoms with van der Waals surface area (Å²) in [5.41, 5.74) is -0.385. The van der Waals surface area contributed by atoms with E-state index in [1.165, 1.54) is 0 Å². The maximum atomic E-state index is 11.3. The van der Waals surface area contributed by atoms with Crippen molar-refractivity contribution >= 4 is 5.97 Å². The van der Waals surface area contributed by atoms with Gasteiger partial charge in [0.1, 0.15) is 0 Å². The normalized spacial score (nSPS) is 19.6. The van der Waals surface area contributed by atoms with E-state index in [4.69, 9.17) is 0 Å². The van der Waals surface area contributed by atoms with Crippen molar-refractivity contribution < 1.29 is 15.0 Å². The molecule has 1 fully saturated rings. The number of aliphatic hydroxyl groups is 1. The molecular weight excluding hydrogens is 232 g/mol. The van der Waals surface area contributed by atoms with Crippen LogP contribution in [0.25, 0.3) is 0 Å². The van der Waals surface area contributed by atoms with Crippen molar-refractivity contribution in [2.75, 3.05) is 0 Å². The molecular formula is C13H20N2O3. The van der Waals surface area contributed by atoms with Crippen LogP contribution in [0.5, 0.6) is 0 Å². The van der Waals surface area contributed by atoms with Crippen LogP contribution >= 0.6 is 0 Å². The molecule has 0 bridgehead atoms. The lowest BCUT2D eigenvalue weighted by Gasteiger charge is -2.41. The third kappa shape index (κ3) is 2.14. The second-order valence-corrected chi connectivity index (χ2v) is 5.61. The van der Waals surface area contributed by atoms with Gasteiger partial charge < -0.3 is 10.2 Å². The lowest BCUT2D eigenvalue weighted by Crippen LogP contribution is -2.43. The minimum absolute atomic E-state index is 0.465. The van der Waals surface area contributed by atoms with Crippen LogP contribution < -0.4 is 0 Å². The molecule has 18 heavy (non-hydrogen) atoms. The van der Waals surface area contributed by atoms with Crippen LogP contribution in [0.3, 0.4) is 0 Å². The van der Waals surface area contributed by atoms with Gasteiger partial charge in [-0.25, -0.2) is 0 Å². The molecule has 0 aromatic carbocycles. The van der Waals surface area contributed by atoms with E-state index in [0.717, 1.165) is 13.0 Å². The Bertz CT molecular complexity index is 435. The molecule has 100 valence electrons. The topological polar surface area (TPSA) is 75.4 Å². The summed E-state index contributed by atoms with van der Waals surface area (Å²) >= 11 is 0. The Morgan fingerprint density at radius 3 is 2.67 bits per heavy atom. The van der Waals surface area contributed by atoms with Gasteiger partial charge in [-0.15, -0.1) is 0 Å². The summed E-state index contributed by atoms with van der Waals surface area (Å²) in [6.45, 7) is 4.94. The lowest BCUT2D eigenvalue weighted by atomic mass is 9.64. The average molecular weight is 252 g/mol. The van der Waals surface area contributed by atoms with Crippen LogP contribution in [-0.4, -0.2) is 26.0 Å². The smallest absolute Gasteiger partial charge is 0.312 e. The Morgan fingerprint density at radius 1 is 1.56 bits per heavy atom. The molecule has 1 aromatic rings. The van der Waals surface area contributed by atoms with Crippen molar-refractivity contribution in [1.82, 2.24) is 9.78 Å². The van der Waals surface area contributed by atoms with Gasteiger partial charge in [-0.05, 0) is 18.8 Å². The van der Waals surface area contributed by atoms with Gasteiger partial charge in [0, 0.05) is 18.3 Å². The predicted molar refractivity (Wildman–Crippen MR) is 65.9 cm³/mol. The van der Waals surface area contributed by atoms with Crippen LogP contribution in [0, 0.1) is 11.3 Å². The molecule has 1 aliphatic rings. The number of aliphatic carboxylic acids is 1. The summed E-state index contributed by atoms with van der Waals surface area (Å²) in [6.07, 6.45) is 4.33. The lowest BCUT2D eigenvalue weighted by molar-refractivity contribution is -0.166. The van der Waals surface area contributed by atoms with Gasteiger partial charge in [0.2, 0.25) is 0 Å². The average Bonchev–Trinajstić information content (AvgIpc) is 2.62. The number of aliphatic hydroxyl groups excluding tert-OH is 1. The largest absolute Gasteiger partial charge is 0.481 e. The third-order valence-corrected chi connectivity index (χ3v) is 3.72. The Labute approximate surface area is 106 Å². The van der Waals surface area contributed by atoms with Gasteiger partial charge in [-0.3, -0.25) is 9.48 Å². The number of carboxylic acids is 1. The molecule has 1 atom stereocenters. The van der Waals surface area contributed by atoms with Crippen molar-refractivity contribution in [2.45, 2.75) is 45.8 Å². The van der Waals surface area contributed by atoms with Gasteiger partial charge in [-0.1, -0.05) is 20.3 Å². The Balaban J connectivity index is 2.15. The summed E-state index contributed by atoms with van der Waals surface area (Å²) < 4.78 is 1.76. The van der Waals surface area contributed by atoms with Crippen molar-refractivity contribution in [3.63, 3.8) is 0 Å². The summed E-state index contributed by atoms with van der Waals surface area (Å²) in [7, 11) is 0. The molecule has 1 saturated carbocycles. The standard InChI is InChI=1S/C13H20N2O3/c1-9(2)7-15-8-10(6-14-15)11(16)13(12(17)18)4-3-5-13/h6,8-9,11,16H,3-5,7H2,1-2H3,(H,17,18). The monoisotopic (exact) mass is 252 g/mol. The van der Waals surface area contributed by atoms with Gasteiger partial charge in [0.15, 0.2) is 0 Å². The highest BCUT2D eigenvalue weighted by molar-refractivity contribution is 5.76.